The lowest BCUT2D eigenvalue weighted by Gasteiger charge is -2.25. The maximum atomic E-state index is 2.42. The lowest BCUT2D eigenvalue weighted by atomic mass is 9.80. The molecule has 0 spiro atoms. The van der Waals surface area contributed by atoms with Crippen molar-refractivity contribution in [3.8, 4) is 0 Å². The fraction of sp³-hybridized carbons (Fsp3) is 0.636. The Morgan fingerprint density at radius 1 is 1.00 bits per heavy atom. The Kier molecular flexibility index (Phi) is 10.1. The highest BCUT2D eigenvalue weighted by Gasteiger charge is 2.17. The van der Waals surface area contributed by atoms with Crippen LogP contribution in [0.2, 0.25) is 0 Å². The van der Waals surface area contributed by atoms with Crippen molar-refractivity contribution in [1.82, 2.24) is 0 Å². The van der Waals surface area contributed by atoms with Gasteiger partial charge in [-0.1, -0.05) is 70.1 Å². The summed E-state index contributed by atoms with van der Waals surface area (Å²) in [4.78, 5) is 2.83. The van der Waals surface area contributed by atoms with E-state index in [1.807, 2.05) is 23.5 Å². The van der Waals surface area contributed by atoms with Crippen LogP contribution in [-0.4, -0.2) is 11.5 Å². The standard InChI is InChI=1S/C22H34S2/c1-3-4-16-23-21-10-8-11-22(18-21)24-17-7-5-6-9-20-14-12-19(2)13-15-20/h3-4,8,10-11,18-20H,5-7,9,12-17H2,1-2H3/b4-3+. The number of hydrogen-bond donors (Lipinski definition) is 0. The minimum Gasteiger partial charge on any atom is -0.126 e. The van der Waals surface area contributed by atoms with Gasteiger partial charge in [-0.2, -0.15) is 0 Å². The lowest BCUT2D eigenvalue weighted by Crippen LogP contribution is -2.12. The van der Waals surface area contributed by atoms with Crippen molar-refractivity contribution in [2.75, 3.05) is 11.5 Å². The number of allylic oxidation sites excluding steroid dienone is 1. The van der Waals surface area contributed by atoms with Gasteiger partial charge in [0.05, 0.1) is 0 Å². The van der Waals surface area contributed by atoms with Gasteiger partial charge < -0.3 is 0 Å². The van der Waals surface area contributed by atoms with Crippen molar-refractivity contribution in [2.24, 2.45) is 11.8 Å². The Morgan fingerprint density at radius 3 is 2.50 bits per heavy atom. The molecule has 0 saturated heterocycles. The van der Waals surface area contributed by atoms with Gasteiger partial charge in [-0.3, -0.25) is 0 Å². The molecule has 24 heavy (non-hydrogen) atoms. The monoisotopic (exact) mass is 362 g/mol. The molecule has 1 fully saturated rings. The zero-order valence-electron chi connectivity index (χ0n) is 15.5. The summed E-state index contributed by atoms with van der Waals surface area (Å²) in [5.74, 6) is 4.37. The lowest BCUT2D eigenvalue weighted by molar-refractivity contribution is 0.272. The normalized spacial score (nSPS) is 21.4. The van der Waals surface area contributed by atoms with E-state index in [0.29, 0.717) is 0 Å². The van der Waals surface area contributed by atoms with Crippen molar-refractivity contribution >= 4 is 23.5 Å². The summed E-state index contributed by atoms with van der Waals surface area (Å²) in [5, 5.41) is 0. The van der Waals surface area contributed by atoms with E-state index in [-0.39, 0.29) is 0 Å². The maximum absolute atomic E-state index is 2.42. The predicted molar refractivity (Wildman–Crippen MR) is 112 cm³/mol. The summed E-state index contributed by atoms with van der Waals surface area (Å²) in [7, 11) is 0. The molecule has 0 bridgehead atoms. The molecular formula is C22H34S2. The number of thioether (sulfide) groups is 2. The summed E-state index contributed by atoms with van der Waals surface area (Å²) < 4.78 is 0. The van der Waals surface area contributed by atoms with Crippen LogP contribution in [0.15, 0.2) is 46.2 Å². The van der Waals surface area contributed by atoms with Crippen molar-refractivity contribution in [1.29, 1.82) is 0 Å². The molecule has 1 saturated carbocycles. The van der Waals surface area contributed by atoms with Crippen LogP contribution in [0.5, 0.6) is 0 Å². The molecule has 2 rings (SSSR count). The molecule has 1 aromatic rings. The Hall–Kier alpha value is -0.340. The van der Waals surface area contributed by atoms with Crippen LogP contribution in [0, 0.1) is 11.8 Å². The van der Waals surface area contributed by atoms with Crippen molar-refractivity contribution in [3.05, 3.63) is 36.4 Å². The van der Waals surface area contributed by atoms with Crippen molar-refractivity contribution in [3.63, 3.8) is 0 Å². The molecule has 0 nitrogen and oxygen atoms in total. The van der Waals surface area contributed by atoms with Gasteiger partial charge in [0.2, 0.25) is 0 Å². The van der Waals surface area contributed by atoms with Crippen LogP contribution in [0.3, 0.4) is 0 Å². The van der Waals surface area contributed by atoms with E-state index >= 15 is 0 Å². The van der Waals surface area contributed by atoms with Crippen LogP contribution in [-0.2, 0) is 0 Å². The molecule has 0 aromatic heterocycles. The summed E-state index contributed by atoms with van der Waals surface area (Å²) >= 11 is 3.95. The fourth-order valence-electron chi connectivity index (χ4n) is 3.41. The van der Waals surface area contributed by atoms with Gasteiger partial charge in [0.1, 0.15) is 0 Å². The maximum Gasteiger partial charge on any atom is 0.0160 e. The number of unbranched alkanes of at least 4 members (excludes halogenated alkanes) is 2. The molecule has 0 amide bonds. The highest BCUT2D eigenvalue weighted by Crippen LogP contribution is 2.32. The van der Waals surface area contributed by atoms with Crippen LogP contribution in [0.4, 0.5) is 0 Å². The summed E-state index contributed by atoms with van der Waals surface area (Å²) in [6, 6.07) is 9.03. The quantitative estimate of drug-likeness (QED) is 0.236. The Labute approximate surface area is 158 Å². The first kappa shape index (κ1) is 20.0. The summed E-state index contributed by atoms with van der Waals surface area (Å²) in [6.45, 7) is 4.50. The highest BCUT2D eigenvalue weighted by molar-refractivity contribution is 8.00. The summed E-state index contributed by atoms with van der Waals surface area (Å²) in [6.07, 6.45) is 16.0. The molecule has 2 heteroatoms. The van der Waals surface area contributed by atoms with E-state index in [2.05, 4.69) is 50.3 Å². The van der Waals surface area contributed by atoms with Crippen LogP contribution >= 0.6 is 23.5 Å². The highest BCUT2D eigenvalue weighted by atomic mass is 32.2. The average Bonchev–Trinajstić information content (AvgIpc) is 2.60. The zero-order valence-corrected chi connectivity index (χ0v) is 17.1. The SMILES string of the molecule is C/C=C/CSc1cccc(SCCCCCC2CCC(C)CC2)c1. The fourth-order valence-corrected chi connectivity index (χ4v) is 5.32. The van der Waals surface area contributed by atoms with Crippen molar-refractivity contribution < 1.29 is 0 Å². The second-order valence-electron chi connectivity index (χ2n) is 7.18. The molecule has 0 unspecified atom stereocenters. The van der Waals surface area contributed by atoms with E-state index in [4.69, 9.17) is 0 Å². The molecule has 0 atom stereocenters. The van der Waals surface area contributed by atoms with Crippen LogP contribution in [0.1, 0.15) is 65.2 Å². The van der Waals surface area contributed by atoms with Gasteiger partial charge in [0, 0.05) is 15.5 Å². The molecular weight excluding hydrogens is 328 g/mol. The van der Waals surface area contributed by atoms with E-state index in [0.717, 1.165) is 17.6 Å². The second-order valence-corrected chi connectivity index (χ2v) is 9.44. The third-order valence-corrected chi connectivity index (χ3v) is 7.07. The minimum absolute atomic E-state index is 0.990. The van der Waals surface area contributed by atoms with Crippen molar-refractivity contribution in [2.45, 2.75) is 75.0 Å². The number of hydrogen-bond acceptors (Lipinski definition) is 2. The molecule has 0 N–H and O–H groups in total. The average molecular weight is 363 g/mol. The largest absolute Gasteiger partial charge is 0.126 e. The van der Waals surface area contributed by atoms with Gasteiger partial charge in [0.15, 0.2) is 0 Å². The first-order valence-corrected chi connectivity index (χ1v) is 11.7. The molecule has 134 valence electrons. The predicted octanol–water partition coefficient (Wildman–Crippen LogP) is 7.83. The third kappa shape index (κ3) is 8.16. The molecule has 0 radical (unpaired) electrons. The molecule has 1 aliphatic rings. The molecule has 1 aromatic carbocycles. The first-order chi connectivity index (χ1) is 11.8. The number of rotatable bonds is 10. The Morgan fingerprint density at radius 2 is 1.75 bits per heavy atom. The number of benzene rings is 1. The van der Waals surface area contributed by atoms with E-state index in [1.165, 1.54) is 66.9 Å². The zero-order chi connectivity index (χ0) is 17.0. The van der Waals surface area contributed by atoms with Gasteiger partial charge in [-0.15, -0.1) is 23.5 Å². The topological polar surface area (TPSA) is 0 Å². The van der Waals surface area contributed by atoms with Crippen LogP contribution < -0.4 is 0 Å². The Bertz CT molecular complexity index is 473. The molecule has 1 aliphatic carbocycles. The van der Waals surface area contributed by atoms with Gasteiger partial charge in [-0.05, 0) is 49.1 Å². The Balaban J connectivity index is 1.54. The van der Waals surface area contributed by atoms with Crippen LogP contribution in [0.25, 0.3) is 0 Å². The smallest absolute Gasteiger partial charge is 0.0160 e. The molecule has 0 heterocycles. The van der Waals surface area contributed by atoms with Gasteiger partial charge in [-0.25, -0.2) is 0 Å². The second kappa shape index (κ2) is 12.1. The van der Waals surface area contributed by atoms with E-state index in [9.17, 15) is 0 Å². The molecule has 0 aliphatic heterocycles. The van der Waals surface area contributed by atoms with Gasteiger partial charge in [0.25, 0.3) is 0 Å². The third-order valence-electron chi connectivity index (χ3n) is 5.05. The minimum atomic E-state index is 0.990. The van der Waals surface area contributed by atoms with E-state index < -0.39 is 0 Å². The summed E-state index contributed by atoms with van der Waals surface area (Å²) in [5.41, 5.74) is 0. The van der Waals surface area contributed by atoms with Gasteiger partial charge >= 0.3 is 0 Å². The first-order valence-electron chi connectivity index (χ1n) is 9.74. The van der Waals surface area contributed by atoms with E-state index in [1.54, 1.807) is 0 Å².